The molecule has 0 aliphatic heterocycles. The van der Waals surface area contributed by atoms with Gasteiger partial charge in [-0.2, -0.15) is 0 Å². The highest BCUT2D eigenvalue weighted by Crippen LogP contribution is 2.27. The van der Waals surface area contributed by atoms with Crippen LogP contribution in [0.5, 0.6) is 0 Å². The number of aromatic nitrogens is 5. The van der Waals surface area contributed by atoms with Crippen molar-refractivity contribution in [3.05, 3.63) is 75.7 Å². The van der Waals surface area contributed by atoms with Crippen molar-refractivity contribution in [1.82, 2.24) is 25.4 Å². The van der Waals surface area contributed by atoms with Gasteiger partial charge in [0.15, 0.2) is 0 Å². The van der Waals surface area contributed by atoms with Gasteiger partial charge in [-0.3, -0.25) is 0 Å². The molecule has 30 heavy (non-hydrogen) atoms. The average Bonchev–Trinajstić information content (AvgIpc) is 3.45. The van der Waals surface area contributed by atoms with Gasteiger partial charge in [0.2, 0.25) is 11.8 Å². The fourth-order valence-corrected chi connectivity index (χ4v) is 3.27. The van der Waals surface area contributed by atoms with E-state index in [0.717, 1.165) is 20.1 Å². The number of hydrogen-bond acceptors (Lipinski definition) is 7. The Morgan fingerprint density at radius 2 is 0.900 bits per heavy atom. The zero-order valence-corrected chi connectivity index (χ0v) is 18.3. The third kappa shape index (κ3) is 3.81. The van der Waals surface area contributed by atoms with E-state index in [2.05, 4.69) is 57.2 Å². The minimum atomic E-state index is 0.308. The fourth-order valence-electron chi connectivity index (χ4n) is 2.74. The minimum Gasteiger partial charge on any atom is -0.415 e. The molecule has 0 saturated carbocycles. The standard InChI is InChI=1S/C21H11Br2N5O2/c22-14-8-4-12(5-9-14)18-25-27-20(29-18)16-2-1-3-17(24-16)21-28-26-19(30-21)13-6-10-15(23)11-7-13/h1-11H. The van der Waals surface area contributed by atoms with Gasteiger partial charge in [0.25, 0.3) is 11.8 Å². The summed E-state index contributed by atoms with van der Waals surface area (Å²) in [5.74, 6) is 1.45. The molecule has 0 amide bonds. The summed E-state index contributed by atoms with van der Waals surface area (Å²) in [6, 6.07) is 20.6. The third-order valence-electron chi connectivity index (χ3n) is 4.22. The maximum absolute atomic E-state index is 5.80. The van der Waals surface area contributed by atoms with E-state index in [9.17, 15) is 0 Å². The topological polar surface area (TPSA) is 90.7 Å². The normalized spacial score (nSPS) is 11.0. The molecule has 3 aromatic heterocycles. The van der Waals surface area contributed by atoms with Gasteiger partial charge in [0.05, 0.1) is 0 Å². The molecule has 5 rings (SSSR count). The van der Waals surface area contributed by atoms with Gasteiger partial charge in [-0.1, -0.05) is 37.9 Å². The minimum absolute atomic E-state index is 0.308. The van der Waals surface area contributed by atoms with Gasteiger partial charge < -0.3 is 8.83 Å². The van der Waals surface area contributed by atoms with Crippen molar-refractivity contribution >= 4 is 31.9 Å². The summed E-state index contributed by atoms with van der Waals surface area (Å²) in [6.07, 6.45) is 0. The molecule has 7 nitrogen and oxygen atoms in total. The summed E-state index contributed by atoms with van der Waals surface area (Å²) in [7, 11) is 0. The molecule has 0 bridgehead atoms. The van der Waals surface area contributed by atoms with Gasteiger partial charge >= 0.3 is 0 Å². The first-order valence-corrected chi connectivity index (χ1v) is 10.4. The molecule has 0 aliphatic carbocycles. The van der Waals surface area contributed by atoms with E-state index >= 15 is 0 Å². The number of nitrogens with zero attached hydrogens (tertiary/aromatic N) is 5. The molecular formula is C21H11Br2N5O2. The monoisotopic (exact) mass is 523 g/mol. The molecule has 0 saturated heterocycles. The van der Waals surface area contributed by atoms with E-state index in [1.54, 1.807) is 12.1 Å². The van der Waals surface area contributed by atoms with E-state index in [1.165, 1.54) is 0 Å². The van der Waals surface area contributed by atoms with Crippen LogP contribution in [0.15, 0.2) is 84.5 Å². The van der Waals surface area contributed by atoms with Gasteiger partial charge in [0.1, 0.15) is 11.4 Å². The van der Waals surface area contributed by atoms with Crippen molar-refractivity contribution in [2.24, 2.45) is 0 Å². The van der Waals surface area contributed by atoms with Crippen molar-refractivity contribution in [1.29, 1.82) is 0 Å². The Kier molecular flexibility index (Phi) is 4.97. The summed E-state index contributed by atoms with van der Waals surface area (Å²) in [6.45, 7) is 0. The quantitative estimate of drug-likeness (QED) is 0.283. The van der Waals surface area contributed by atoms with Crippen LogP contribution >= 0.6 is 31.9 Å². The van der Waals surface area contributed by atoms with Gasteiger partial charge in [-0.15, -0.1) is 20.4 Å². The molecular weight excluding hydrogens is 514 g/mol. The Hall–Kier alpha value is -3.17. The number of hydrogen-bond donors (Lipinski definition) is 0. The van der Waals surface area contributed by atoms with Crippen LogP contribution in [0, 0.1) is 0 Å². The highest BCUT2D eigenvalue weighted by molar-refractivity contribution is 9.10. The van der Waals surface area contributed by atoms with Gasteiger partial charge in [-0.05, 0) is 60.7 Å². The molecule has 2 aromatic carbocycles. The van der Waals surface area contributed by atoms with Crippen molar-refractivity contribution < 1.29 is 8.83 Å². The molecule has 0 spiro atoms. The lowest BCUT2D eigenvalue weighted by molar-refractivity contribution is 0.578. The van der Waals surface area contributed by atoms with Crippen molar-refractivity contribution in [3.8, 4) is 46.1 Å². The van der Waals surface area contributed by atoms with E-state index in [4.69, 9.17) is 8.83 Å². The average molecular weight is 525 g/mol. The molecule has 3 heterocycles. The summed E-state index contributed by atoms with van der Waals surface area (Å²) in [4.78, 5) is 4.55. The maximum atomic E-state index is 5.80. The fraction of sp³-hybridized carbons (Fsp3) is 0. The molecule has 0 unspecified atom stereocenters. The highest BCUT2D eigenvalue weighted by atomic mass is 79.9. The zero-order valence-electron chi connectivity index (χ0n) is 15.2. The van der Waals surface area contributed by atoms with Crippen LogP contribution in [-0.2, 0) is 0 Å². The van der Waals surface area contributed by atoms with Crippen LogP contribution in [-0.4, -0.2) is 25.4 Å². The molecule has 0 atom stereocenters. The summed E-state index contributed by atoms with van der Waals surface area (Å²) < 4.78 is 13.6. The Balaban J connectivity index is 1.44. The van der Waals surface area contributed by atoms with Crippen molar-refractivity contribution in [2.45, 2.75) is 0 Å². The third-order valence-corrected chi connectivity index (χ3v) is 5.28. The predicted molar refractivity (Wildman–Crippen MR) is 117 cm³/mol. The highest BCUT2D eigenvalue weighted by Gasteiger charge is 2.16. The van der Waals surface area contributed by atoms with Crippen LogP contribution in [0.25, 0.3) is 46.1 Å². The lowest BCUT2D eigenvalue weighted by atomic mass is 10.2. The summed E-state index contributed by atoms with van der Waals surface area (Å²) in [5, 5.41) is 16.5. The van der Waals surface area contributed by atoms with E-state index < -0.39 is 0 Å². The van der Waals surface area contributed by atoms with E-state index in [1.807, 2.05) is 54.6 Å². The SMILES string of the molecule is Brc1ccc(-c2nnc(-c3cccc(-c4nnc(-c5ccc(Br)cc5)o4)n3)o2)cc1. The molecule has 0 aliphatic rings. The molecule has 5 aromatic rings. The van der Waals surface area contributed by atoms with Crippen LogP contribution in [0.4, 0.5) is 0 Å². The molecule has 0 radical (unpaired) electrons. The lowest BCUT2D eigenvalue weighted by Crippen LogP contribution is -1.88. The molecule has 9 heteroatoms. The maximum Gasteiger partial charge on any atom is 0.266 e. The first-order chi connectivity index (χ1) is 14.7. The predicted octanol–water partition coefficient (Wildman–Crippen LogP) is 6.04. The number of rotatable bonds is 4. The van der Waals surface area contributed by atoms with Gasteiger partial charge in [0, 0.05) is 20.1 Å². The second-order valence-corrected chi connectivity index (χ2v) is 8.08. The van der Waals surface area contributed by atoms with Crippen LogP contribution in [0.1, 0.15) is 0 Å². The Morgan fingerprint density at radius 1 is 0.500 bits per heavy atom. The van der Waals surface area contributed by atoms with Crippen molar-refractivity contribution in [3.63, 3.8) is 0 Å². The second kappa shape index (κ2) is 7.92. The Morgan fingerprint density at radius 3 is 1.33 bits per heavy atom. The van der Waals surface area contributed by atoms with Crippen molar-refractivity contribution in [2.75, 3.05) is 0 Å². The summed E-state index contributed by atoms with van der Waals surface area (Å²) in [5.41, 5.74) is 2.69. The Labute approximate surface area is 187 Å². The zero-order chi connectivity index (χ0) is 20.5. The number of pyridine rings is 1. The number of benzene rings is 2. The number of halogens is 2. The molecule has 0 N–H and O–H groups in total. The lowest BCUT2D eigenvalue weighted by Gasteiger charge is -1.98. The van der Waals surface area contributed by atoms with E-state index in [0.29, 0.717) is 35.0 Å². The largest absolute Gasteiger partial charge is 0.415 e. The van der Waals surface area contributed by atoms with E-state index in [-0.39, 0.29) is 0 Å². The first-order valence-electron chi connectivity index (χ1n) is 8.82. The first kappa shape index (κ1) is 18.8. The van der Waals surface area contributed by atoms with Crippen LogP contribution < -0.4 is 0 Å². The van der Waals surface area contributed by atoms with Gasteiger partial charge in [-0.25, -0.2) is 4.98 Å². The second-order valence-electron chi connectivity index (χ2n) is 6.25. The molecule has 146 valence electrons. The smallest absolute Gasteiger partial charge is 0.266 e. The molecule has 0 fully saturated rings. The Bertz CT molecular complexity index is 1220. The van der Waals surface area contributed by atoms with Crippen LogP contribution in [0.3, 0.4) is 0 Å². The summed E-state index contributed by atoms with van der Waals surface area (Å²) >= 11 is 6.82. The van der Waals surface area contributed by atoms with Crippen LogP contribution in [0.2, 0.25) is 0 Å².